The molecule has 1 amide bonds. The lowest BCUT2D eigenvalue weighted by molar-refractivity contribution is -0.131. The number of halogens is 1. The van der Waals surface area contributed by atoms with Crippen LogP contribution < -0.4 is 0 Å². The zero-order valence-electron chi connectivity index (χ0n) is 13.5. The fourth-order valence-electron chi connectivity index (χ4n) is 3.16. The maximum absolute atomic E-state index is 13.2. The summed E-state index contributed by atoms with van der Waals surface area (Å²) in [4.78, 5) is 26.6. The van der Waals surface area contributed by atoms with Gasteiger partial charge in [-0.3, -0.25) is 9.59 Å². The van der Waals surface area contributed by atoms with Crippen molar-refractivity contribution in [2.75, 3.05) is 13.1 Å². The van der Waals surface area contributed by atoms with E-state index in [-0.39, 0.29) is 29.8 Å². The van der Waals surface area contributed by atoms with E-state index in [1.165, 1.54) is 12.1 Å². The van der Waals surface area contributed by atoms with Crippen LogP contribution in [0.3, 0.4) is 0 Å². The van der Waals surface area contributed by atoms with E-state index in [0.717, 1.165) is 5.56 Å². The van der Waals surface area contributed by atoms with Crippen molar-refractivity contribution in [2.24, 2.45) is 5.92 Å². The van der Waals surface area contributed by atoms with E-state index < -0.39 is 0 Å². The second-order valence-corrected chi connectivity index (χ2v) is 6.19. The number of Topliss-reactive ketones (excluding diaryl/α,β-unsaturated/α-hetero) is 1. The lowest BCUT2D eigenvalue weighted by Gasteiger charge is -2.31. The van der Waals surface area contributed by atoms with Crippen LogP contribution in [0, 0.1) is 11.7 Å². The SMILES string of the molecule is O=C(c1ccccc1)C1CCN(C(=O)Cc2cccc(F)c2)CC1. The Bertz CT molecular complexity index is 721. The number of amides is 1. The second kappa shape index (κ2) is 7.39. The van der Waals surface area contributed by atoms with Gasteiger partial charge in [-0.2, -0.15) is 0 Å². The van der Waals surface area contributed by atoms with Gasteiger partial charge >= 0.3 is 0 Å². The third kappa shape index (κ3) is 3.88. The van der Waals surface area contributed by atoms with Crippen LogP contribution in [0.4, 0.5) is 4.39 Å². The molecule has 3 rings (SSSR count). The summed E-state index contributed by atoms with van der Waals surface area (Å²) in [5.74, 6) is -0.197. The maximum atomic E-state index is 13.2. The Balaban J connectivity index is 1.55. The largest absolute Gasteiger partial charge is 0.342 e. The number of rotatable bonds is 4. The molecule has 0 spiro atoms. The number of hydrogen-bond acceptors (Lipinski definition) is 2. The highest BCUT2D eigenvalue weighted by Crippen LogP contribution is 2.22. The predicted octanol–water partition coefficient (Wildman–Crippen LogP) is 3.49. The molecule has 0 unspecified atom stereocenters. The van der Waals surface area contributed by atoms with E-state index >= 15 is 0 Å². The average Bonchev–Trinajstić information content (AvgIpc) is 2.62. The zero-order valence-corrected chi connectivity index (χ0v) is 13.5. The van der Waals surface area contributed by atoms with Gasteiger partial charge in [-0.1, -0.05) is 42.5 Å². The van der Waals surface area contributed by atoms with E-state index in [2.05, 4.69) is 0 Å². The number of carbonyl (C=O) groups is 2. The molecule has 0 radical (unpaired) electrons. The van der Waals surface area contributed by atoms with Crippen LogP contribution in [0.2, 0.25) is 0 Å². The van der Waals surface area contributed by atoms with Gasteiger partial charge in [0.05, 0.1) is 6.42 Å². The van der Waals surface area contributed by atoms with Crippen LogP contribution in [-0.4, -0.2) is 29.7 Å². The lowest BCUT2D eigenvalue weighted by Crippen LogP contribution is -2.41. The molecule has 3 nitrogen and oxygen atoms in total. The molecule has 1 fully saturated rings. The van der Waals surface area contributed by atoms with Gasteiger partial charge < -0.3 is 4.90 Å². The van der Waals surface area contributed by atoms with Gasteiger partial charge in [0.25, 0.3) is 0 Å². The maximum Gasteiger partial charge on any atom is 0.226 e. The molecule has 1 saturated heterocycles. The van der Waals surface area contributed by atoms with E-state index in [4.69, 9.17) is 0 Å². The molecule has 1 aliphatic rings. The first-order chi connectivity index (χ1) is 11.6. The number of nitrogens with zero attached hydrogens (tertiary/aromatic N) is 1. The molecular formula is C20H20FNO2. The van der Waals surface area contributed by atoms with Crippen molar-refractivity contribution in [3.63, 3.8) is 0 Å². The molecule has 0 aromatic heterocycles. The third-order valence-corrected chi connectivity index (χ3v) is 4.52. The molecule has 1 aliphatic heterocycles. The van der Waals surface area contributed by atoms with Crippen molar-refractivity contribution < 1.29 is 14.0 Å². The van der Waals surface area contributed by atoms with Crippen LogP contribution >= 0.6 is 0 Å². The van der Waals surface area contributed by atoms with Gasteiger partial charge in [0.15, 0.2) is 5.78 Å². The highest BCUT2D eigenvalue weighted by molar-refractivity contribution is 5.98. The van der Waals surface area contributed by atoms with Crippen LogP contribution in [0.15, 0.2) is 54.6 Å². The van der Waals surface area contributed by atoms with Crippen LogP contribution in [0.25, 0.3) is 0 Å². The quantitative estimate of drug-likeness (QED) is 0.807. The number of benzene rings is 2. The summed E-state index contributed by atoms with van der Waals surface area (Å²) >= 11 is 0. The van der Waals surface area contributed by atoms with Crippen LogP contribution in [0.5, 0.6) is 0 Å². The molecular weight excluding hydrogens is 305 g/mol. The molecule has 0 saturated carbocycles. The minimum atomic E-state index is -0.326. The van der Waals surface area contributed by atoms with E-state index in [0.29, 0.717) is 31.5 Å². The summed E-state index contributed by atoms with van der Waals surface area (Å²) in [7, 11) is 0. The number of likely N-dealkylation sites (tertiary alicyclic amines) is 1. The highest BCUT2D eigenvalue weighted by atomic mass is 19.1. The molecule has 0 N–H and O–H groups in total. The van der Waals surface area contributed by atoms with Crippen molar-refractivity contribution in [1.29, 1.82) is 0 Å². The Labute approximate surface area is 141 Å². The Morgan fingerprint density at radius 2 is 1.71 bits per heavy atom. The molecule has 0 atom stereocenters. The fraction of sp³-hybridized carbons (Fsp3) is 0.300. The second-order valence-electron chi connectivity index (χ2n) is 6.19. The first-order valence-corrected chi connectivity index (χ1v) is 8.25. The highest BCUT2D eigenvalue weighted by Gasteiger charge is 2.27. The summed E-state index contributed by atoms with van der Waals surface area (Å²) in [6, 6.07) is 15.4. The monoisotopic (exact) mass is 325 g/mol. The fourth-order valence-corrected chi connectivity index (χ4v) is 3.16. The Morgan fingerprint density at radius 3 is 2.38 bits per heavy atom. The molecule has 0 bridgehead atoms. The van der Waals surface area contributed by atoms with Crippen molar-refractivity contribution in [2.45, 2.75) is 19.3 Å². The van der Waals surface area contributed by atoms with Gasteiger partial charge in [-0.25, -0.2) is 4.39 Å². The number of ketones is 1. The van der Waals surface area contributed by atoms with Crippen LogP contribution in [-0.2, 0) is 11.2 Å². The normalized spacial score (nSPS) is 15.3. The van der Waals surface area contributed by atoms with Crippen molar-refractivity contribution in [1.82, 2.24) is 4.90 Å². The molecule has 2 aromatic rings. The smallest absolute Gasteiger partial charge is 0.226 e. The summed E-state index contributed by atoms with van der Waals surface area (Å²) < 4.78 is 13.2. The van der Waals surface area contributed by atoms with Gasteiger partial charge in [0.2, 0.25) is 5.91 Å². The van der Waals surface area contributed by atoms with Crippen molar-refractivity contribution >= 4 is 11.7 Å². The number of hydrogen-bond donors (Lipinski definition) is 0. The minimum Gasteiger partial charge on any atom is -0.342 e. The topological polar surface area (TPSA) is 37.4 Å². The molecule has 4 heteroatoms. The first kappa shape index (κ1) is 16.4. The van der Waals surface area contributed by atoms with E-state index in [1.807, 2.05) is 30.3 Å². The molecule has 2 aromatic carbocycles. The summed E-state index contributed by atoms with van der Waals surface area (Å²) in [6.07, 6.45) is 1.57. The summed E-state index contributed by atoms with van der Waals surface area (Å²) in [6.45, 7) is 1.16. The van der Waals surface area contributed by atoms with Crippen molar-refractivity contribution in [3.05, 3.63) is 71.5 Å². The third-order valence-electron chi connectivity index (χ3n) is 4.52. The van der Waals surface area contributed by atoms with E-state index in [9.17, 15) is 14.0 Å². The first-order valence-electron chi connectivity index (χ1n) is 8.25. The van der Waals surface area contributed by atoms with E-state index in [1.54, 1.807) is 17.0 Å². The summed E-state index contributed by atoms with van der Waals surface area (Å²) in [5, 5.41) is 0. The molecule has 124 valence electrons. The Kier molecular flexibility index (Phi) is 5.04. The summed E-state index contributed by atoms with van der Waals surface area (Å²) in [5.41, 5.74) is 1.42. The van der Waals surface area contributed by atoms with Gasteiger partial charge in [0, 0.05) is 24.6 Å². The van der Waals surface area contributed by atoms with Gasteiger partial charge in [0.1, 0.15) is 5.82 Å². The molecule has 24 heavy (non-hydrogen) atoms. The average molecular weight is 325 g/mol. The standard InChI is InChI=1S/C20H20FNO2/c21-18-8-4-5-15(13-18)14-19(23)22-11-9-17(10-12-22)20(24)16-6-2-1-3-7-16/h1-8,13,17H,9-12,14H2. The van der Waals surface area contributed by atoms with Gasteiger partial charge in [-0.05, 0) is 30.5 Å². The Morgan fingerprint density at radius 1 is 1.00 bits per heavy atom. The number of carbonyl (C=O) groups excluding carboxylic acids is 2. The zero-order chi connectivity index (χ0) is 16.9. The Hall–Kier alpha value is -2.49. The van der Waals surface area contributed by atoms with Crippen LogP contribution in [0.1, 0.15) is 28.8 Å². The lowest BCUT2D eigenvalue weighted by atomic mass is 9.88. The predicted molar refractivity (Wildman–Crippen MR) is 90.2 cm³/mol. The minimum absolute atomic E-state index is 0.00814. The van der Waals surface area contributed by atoms with Gasteiger partial charge in [-0.15, -0.1) is 0 Å². The van der Waals surface area contributed by atoms with Crippen molar-refractivity contribution in [3.8, 4) is 0 Å². The number of piperidine rings is 1. The molecule has 0 aliphatic carbocycles. The molecule has 1 heterocycles.